The van der Waals surface area contributed by atoms with Gasteiger partial charge in [0.05, 0.1) is 39.7 Å². The second-order valence-electron chi connectivity index (χ2n) is 8.06. The molecule has 1 N–H and O–H groups in total. The molecule has 5 heterocycles. The molecule has 1 aromatic carbocycles. The highest BCUT2D eigenvalue weighted by Gasteiger charge is 2.24. The molecular weight excluding hydrogens is 482 g/mol. The minimum absolute atomic E-state index is 0.0190. The van der Waals surface area contributed by atoms with Crippen LogP contribution in [0.25, 0.3) is 31.4 Å². The van der Waals surface area contributed by atoms with Crippen molar-refractivity contribution in [1.82, 2.24) is 25.1 Å². The number of aromatic amines is 1. The van der Waals surface area contributed by atoms with Crippen molar-refractivity contribution in [3.05, 3.63) is 65.3 Å². The average Bonchev–Trinajstić information content (AvgIpc) is 3.63. The van der Waals surface area contributed by atoms with E-state index in [1.807, 2.05) is 60.4 Å². The molecule has 0 atom stereocenters. The van der Waals surface area contributed by atoms with Crippen LogP contribution in [0.4, 0.5) is 0 Å². The Morgan fingerprint density at radius 1 is 1.11 bits per heavy atom. The van der Waals surface area contributed by atoms with Crippen LogP contribution in [0.2, 0.25) is 0 Å². The summed E-state index contributed by atoms with van der Waals surface area (Å²) in [7, 11) is 0. The average molecular weight is 504 g/mol. The molecule has 0 bridgehead atoms. The molecule has 35 heavy (non-hydrogen) atoms. The Kier molecular flexibility index (Phi) is 5.77. The maximum absolute atomic E-state index is 13.0. The molecule has 1 aliphatic rings. The van der Waals surface area contributed by atoms with Crippen LogP contribution < -0.4 is 4.74 Å². The summed E-state index contributed by atoms with van der Waals surface area (Å²) in [5.74, 6) is 1.18. The van der Waals surface area contributed by atoms with Gasteiger partial charge in [0.1, 0.15) is 15.6 Å². The summed E-state index contributed by atoms with van der Waals surface area (Å²) in [5, 5.41) is 8.15. The smallest absolute Gasteiger partial charge is 0.266 e. The molecule has 1 saturated heterocycles. The second kappa shape index (κ2) is 9.21. The molecule has 1 fully saturated rings. The fraction of sp³-hybridized carbons (Fsp3) is 0.200. The molecule has 5 aromatic rings. The van der Waals surface area contributed by atoms with E-state index >= 15 is 0 Å². The second-order valence-corrected chi connectivity index (χ2v) is 10.1. The van der Waals surface area contributed by atoms with E-state index in [9.17, 15) is 4.79 Å². The van der Waals surface area contributed by atoms with Crippen molar-refractivity contribution in [2.75, 3.05) is 26.3 Å². The largest absolute Gasteiger partial charge is 0.436 e. The van der Waals surface area contributed by atoms with Gasteiger partial charge in [0.2, 0.25) is 5.88 Å². The maximum Gasteiger partial charge on any atom is 0.266 e. The summed E-state index contributed by atoms with van der Waals surface area (Å²) in [4.78, 5) is 25.7. The molecular formula is C25H21N5O3S2. The lowest BCUT2D eigenvalue weighted by Crippen LogP contribution is -2.40. The molecule has 0 aliphatic carbocycles. The van der Waals surface area contributed by atoms with Gasteiger partial charge in [0, 0.05) is 31.4 Å². The highest BCUT2D eigenvalue weighted by atomic mass is 32.1. The van der Waals surface area contributed by atoms with Crippen LogP contribution in [-0.2, 0) is 4.74 Å². The van der Waals surface area contributed by atoms with Crippen LogP contribution in [0, 0.1) is 6.92 Å². The summed E-state index contributed by atoms with van der Waals surface area (Å²) >= 11 is 2.97. The molecule has 6 rings (SSSR count). The molecule has 1 amide bonds. The van der Waals surface area contributed by atoms with E-state index in [0.29, 0.717) is 42.8 Å². The monoisotopic (exact) mass is 503 g/mol. The number of amides is 1. The van der Waals surface area contributed by atoms with E-state index in [4.69, 9.17) is 14.5 Å². The van der Waals surface area contributed by atoms with Crippen LogP contribution in [0.5, 0.6) is 11.6 Å². The first-order valence-electron chi connectivity index (χ1n) is 11.2. The third kappa shape index (κ3) is 4.31. The Bertz CT molecular complexity index is 1500. The number of fused-ring (bicyclic) bond motifs is 1. The minimum Gasteiger partial charge on any atom is -0.436 e. The Balaban J connectivity index is 1.28. The molecule has 0 radical (unpaired) electrons. The normalized spacial score (nSPS) is 13.9. The zero-order valence-electron chi connectivity index (χ0n) is 18.9. The van der Waals surface area contributed by atoms with Gasteiger partial charge in [-0.15, -0.1) is 27.8 Å². The van der Waals surface area contributed by atoms with Crippen molar-refractivity contribution in [3.8, 4) is 32.8 Å². The number of pyridine rings is 1. The van der Waals surface area contributed by atoms with Crippen molar-refractivity contribution in [2.45, 2.75) is 6.92 Å². The first-order chi connectivity index (χ1) is 17.2. The Hall–Kier alpha value is -3.60. The molecule has 4 aromatic heterocycles. The summed E-state index contributed by atoms with van der Waals surface area (Å²) in [6.45, 7) is 4.25. The van der Waals surface area contributed by atoms with Crippen LogP contribution in [0.15, 0.2) is 54.7 Å². The van der Waals surface area contributed by atoms with Gasteiger partial charge < -0.3 is 14.4 Å². The molecule has 10 heteroatoms. The van der Waals surface area contributed by atoms with E-state index in [2.05, 4.69) is 15.2 Å². The van der Waals surface area contributed by atoms with Gasteiger partial charge in [0.15, 0.2) is 0 Å². The standard InChI is InChI=1S/C25H21N5O3S2/c1-15-22(25(31)30-9-11-32-12-10-30)35-24(27-15)20-13-18-23(34-20)19(7-8-26-18)33-21-14-17(28-29-21)16-5-3-2-4-6-16/h2-8,13-14H,9-12H2,1H3,(H,28,29). The highest BCUT2D eigenvalue weighted by Crippen LogP contribution is 2.41. The number of hydrogen-bond acceptors (Lipinski definition) is 8. The summed E-state index contributed by atoms with van der Waals surface area (Å²) in [6.07, 6.45) is 1.72. The maximum atomic E-state index is 13.0. The first kappa shape index (κ1) is 21.9. The number of thiophene rings is 1. The molecule has 0 unspecified atom stereocenters. The summed E-state index contributed by atoms with van der Waals surface area (Å²) in [5.41, 5.74) is 3.48. The Morgan fingerprint density at radius 3 is 2.77 bits per heavy atom. The van der Waals surface area contributed by atoms with Gasteiger partial charge in [-0.05, 0) is 18.6 Å². The van der Waals surface area contributed by atoms with Crippen LogP contribution in [0.3, 0.4) is 0 Å². The van der Waals surface area contributed by atoms with Gasteiger partial charge in [0.25, 0.3) is 5.91 Å². The number of aromatic nitrogens is 4. The van der Waals surface area contributed by atoms with E-state index in [-0.39, 0.29) is 5.91 Å². The SMILES string of the molecule is Cc1nc(-c2cc3nccc(Oc4cc(-c5ccccc5)[nH]n4)c3s2)sc1C(=O)N1CCOCC1. The number of benzene rings is 1. The van der Waals surface area contributed by atoms with Crippen molar-refractivity contribution in [1.29, 1.82) is 0 Å². The minimum atomic E-state index is 0.0190. The summed E-state index contributed by atoms with van der Waals surface area (Å²) < 4.78 is 12.4. The number of nitrogens with zero attached hydrogens (tertiary/aromatic N) is 4. The quantitative estimate of drug-likeness (QED) is 0.346. The predicted octanol–water partition coefficient (Wildman–Crippen LogP) is 5.38. The number of carbonyl (C=O) groups excluding carboxylic acids is 1. The van der Waals surface area contributed by atoms with Crippen molar-refractivity contribution in [2.24, 2.45) is 0 Å². The van der Waals surface area contributed by atoms with Crippen molar-refractivity contribution < 1.29 is 14.3 Å². The topological polar surface area (TPSA) is 93.2 Å². The van der Waals surface area contributed by atoms with Crippen molar-refractivity contribution in [3.63, 3.8) is 0 Å². The first-order valence-corrected chi connectivity index (χ1v) is 12.8. The number of H-pyrrole nitrogens is 1. The third-order valence-corrected chi connectivity index (χ3v) is 8.18. The van der Waals surface area contributed by atoms with E-state index in [1.165, 1.54) is 11.3 Å². The van der Waals surface area contributed by atoms with Gasteiger partial charge >= 0.3 is 0 Å². The molecule has 8 nitrogen and oxygen atoms in total. The highest BCUT2D eigenvalue weighted by molar-refractivity contribution is 7.26. The molecule has 1 aliphatic heterocycles. The third-order valence-electron chi connectivity index (χ3n) is 5.73. The number of thiazole rings is 1. The predicted molar refractivity (Wildman–Crippen MR) is 136 cm³/mol. The zero-order chi connectivity index (χ0) is 23.8. The number of morpholine rings is 1. The van der Waals surface area contributed by atoms with Gasteiger partial charge in [-0.1, -0.05) is 30.3 Å². The molecule has 176 valence electrons. The number of hydrogen-bond donors (Lipinski definition) is 1. The van der Waals surface area contributed by atoms with Crippen LogP contribution >= 0.6 is 22.7 Å². The Morgan fingerprint density at radius 2 is 1.94 bits per heavy atom. The lowest BCUT2D eigenvalue weighted by atomic mass is 10.2. The van der Waals surface area contributed by atoms with Gasteiger partial charge in [-0.25, -0.2) is 4.98 Å². The Labute approximate surface area is 209 Å². The summed E-state index contributed by atoms with van der Waals surface area (Å²) in [6, 6.07) is 15.7. The number of carbonyl (C=O) groups is 1. The van der Waals surface area contributed by atoms with E-state index < -0.39 is 0 Å². The molecule has 0 saturated carbocycles. The zero-order valence-corrected chi connectivity index (χ0v) is 20.5. The number of ether oxygens (including phenoxy) is 2. The van der Waals surface area contributed by atoms with Crippen LogP contribution in [-0.4, -0.2) is 57.3 Å². The lowest BCUT2D eigenvalue weighted by Gasteiger charge is -2.26. The van der Waals surface area contributed by atoms with Gasteiger partial charge in [-0.2, -0.15) is 0 Å². The van der Waals surface area contributed by atoms with E-state index in [0.717, 1.165) is 37.1 Å². The van der Waals surface area contributed by atoms with Gasteiger partial charge in [-0.3, -0.25) is 14.9 Å². The number of aryl methyl sites for hydroxylation is 1. The lowest BCUT2D eigenvalue weighted by molar-refractivity contribution is 0.0305. The van der Waals surface area contributed by atoms with E-state index in [1.54, 1.807) is 17.5 Å². The number of nitrogens with one attached hydrogen (secondary N) is 1. The number of rotatable bonds is 5. The fourth-order valence-electron chi connectivity index (χ4n) is 3.94. The van der Waals surface area contributed by atoms with Crippen LogP contribution in [0.1, 0.15) is 15.4 Å². The molecule has 0 spiro atoms. The fourth-order valence-corrected chi connectivity index (χ4v) is 6.09. The van der Waals surface area contributed by atoms with Crippen molar-refractivity contribution >= 4 is 38.8 Å².